The Labute approximate surface area is 91.3 Å². The number of aliphatic hydroxyl groups is 1. The second-order valence-electron chi connectivity index (χ2n) is 4.84. The summed E-state index contributed by atoms with van der Waals surface area (Å²) < 4.78 is 0. The lowest BCUT2D eigenvalue weighted by atomic mass is 9.86. The van der Waals surface area contributed by atoms with Gasteiger partial charge in [0.25, 0.3) is 0 Å². The predicted octanol–water partition coefficient (Wildman–Crippen LogP) is 1.99. The van der Waals surface area contributed by atoms with E-state index in [4.69, 9.17) is 0 Å². The van der Waals surface area contributed by atoms with Gasteiger partial charge in [-0.3, -0.25) is 0 Å². The van der Waals surface area contributed by atoms with Crippen LogP contribution in [0.1, 0.15) is 37.3 Å². The molecule has 1 aromatic rings. The Kier molecular flexibility index (Phi) is 2.81. The molecule has 0 aliphatic carbocycles. The first kappa shape index (κ1) is 10.7. The Morgan fingerprint density at radius 1 is 1.33 bits per heavy atom. The van der Waals surface area contributed by atoms with E-state index in [-0.39, 0.29) is 0 Å². The van der Waals surface area contributed by atoms with Gasteiger partial charge >= 0.3 is 0 Å². The molecule has 1 fully saturated rings. The molecule has 2 heteroatoms. The van der Waals surface area contributed by atoms with Crippen LogP contribution in [0.15, 0.2) is 24.3 Å². The quantitative estimate of drug-likeness (QED) is 0.774. The SMILES string of the molecule is CC(C)(O)c1ccccc1C1CCNC1. The Morgan fingerprint density at radius 3 is 2.67 bits per heavy atom. The van der Waals surface area contributed by atoms with E-state index in [0.29, 0.717) is 5.92 Å². The summed E-state index contributed by atoms with van der Waals surface area (Å²) in [6.07, 6.45) is 1.17. The summed E-state index contributed by atoms with van der Waals surface area (Å²) in [5.41, 5.74) is 1.63. The third-order valence-electron chi connectivity index (χ3n) is 3.12. The van der Waals surface area contributed by atoms with Crippen molar-refractivity contribution in [1.82, 2.24) is 5.32 Å². The molecule has 2 rings (SSSR count). The number of rotatable bonds is 2. The molecule has 0 spiro atoms. The Hall–Kier alpha value is -0.860. The van der Waals surface area contributed by atoms with Gasteiger partial charge in [0.05, 0.1) is 5.60 Å². The zero-order valence-electron chi connectivity index (χ0n) is 9.46. The molecule has 1 atom stereocenters. The van der Waals surface area contributed by atoms with Crippen molar-refractivity contribution < 1.29 is 5.11 Å². The summed E-state index contributed by atoms with van der Waals surface area (Å²) in [5.74, 6) is 0.563. The van der Waals surface area contributed by atoms with Crippen molar-refractivity contribution >= 4 is 0 Å². The average Bonchev–Trinajstić information content (AvgIpc) is 2.69. The Morgan fingerprint density at radius 2 is 2.07 bits per heavy atom. The van der Waals surface area contributed by atoms with E-state index in [1.165, 1.54) is 12.0 Å². The van der Waals surface area contributed by atoms with Crippen molar-refractivity contribution in [2.24, 2.45) is 0 Å². The summed E-state index contributed by atoms with van der Waals surface area (Å²) in [4.78, 5) is 0. The van der Waals surface area contributed by atoms with Crippen LogP contribution in [-0.2, 0) is 5.60 Å². The molecule has 0 bridgehead atoms. The molecule has 1 aliphatic heterocycles. The lowest BCUT2D eigenvalue weighted by Gasteiger charge is -2.24. The minimum atomic E-state index is -0.737. The van der Waals surface area contributed by atoms with Crippen molar-refractivity contribution in [3.05, 3.63) is 35.4 Å². The summed E-state index contributed by atoms with van der Waals surface area (Å²) in [6, 6.07) is 8.24. The molecule has 1 saturated heterocycles. The maximum atomic E-state index is 10.1. The van der Waals surface area contributed by atoms with E-state index in [0.717, 1.165) is 18.7 Å². The molecule has 0 saturated carbocycles. The van der Waals surface area contributed by atoms with Crippen molar-refractivity contribution in [2.75, 3.05) is 13.1 Å². The summed E-state index contributed by atoms with van der Waals surface area (Å²) in [6.45, 7) is 5.83. The van der Waals surface area contributed by atoms with Gasteiger partial charge < -0.3 is 10.4 Å². The van der Waals surface area contributed by atoms with E-state index in [2.05, 4.69) is 17.4 Å². The van der Waals surface area contributed by atoms with Gasteiger partial charge in [0.15, 0.2) is 0 Å². The molecule has 0 radical (unpaired) electrons. The second kappa shape index (κ2) is 3.95. The van der Waals surface area contributed by atoms with Crippen LogP contribution in [0.4, 0.5) is 0 Å². The van der Waals surface area contributed by atoms with E-state index >= 15 is 0 Å². The lowest BCUT2D eigenvalue weighted by molar-refractivity contribution is 0.0773. The molecule has 0 amide bonds. The zero-order valence-corrected chi connectivity index (χ0v) is 9.46. The minimum absolute atomic E-state index is 0.563. The average molecular weight is 205 g/mol. The van der Waals surface area contributed by atoms with Crippen LogP contribution < -0.4 is 5.32 Å². The van der Waals surface area contributed by atoms with Crippen LogP contribution in [0.25, 0.3) is 0 Å². The van der Waals surface area contributed by atoms with Crippen molar-refractivity contribution in [2.45, 2.75) is 31.8 Å². The van der Waals surface area contributed by atoms with Crippen molar-refractivity contribution in [3.8, 4) is 0 Å². The van der Waals surface area contributed by atoms with Gasteiger partial charge in [-0.05, 0) is 43.9 Å². The highest BCUT2D eigenvalue weighted by Crippen LogP contribution is 2.31. The standard InChI is InChI=1S/C13H19NO/c1-13(2,15)12-6-4-3-5-11(12)10-7-8-14-9-10/h3-6,10,14-15H,7-9H2,1-2H3. The number of hydrogen-bond donors (Lipinski definition) is 2. The van der Waals surface area contributed by atoms with Gasteiger partial charge in [0.2, 0.25) is 0 Å². The topological polar surface area (TPSA) is 32.3 Å². The van der Waals surface area contributed by atoms with Crippen molar-refractivity contribution in [1.29, 1.82) is 0 Å². The van der Waals surface area contributed by atoms with Crippen LogP contribution >= 0.6 is 0 Å². The Balaban J connectivity index is 2.37. The third kappa shape index (κ3) is 2.21. The van der Waals surface area contributed by atoms with Gasteiger partial charge in [0.1, 0.15) is 0 Å². The first-order valence-corrected chi connectivity index (χ1v) is 5.61. The van der Waals surface area contributed by atoms with Crippen LogP contribution in [-0.4, -0.2) is 18.2 Å². The highest BCUT2D eigenvalue weighted by molar-refractivity contribution is 5.35. The molecule has 0 aromatic heterocycles. The largest absolute Gasteiger partial charge is 0.386 e. The molecule has 82 valence electrons. The van der Waals surface area contributed by atoms with E-state index in [9.17, 15) is 5.11 Å². The van der Waals surface area contributed by atoms with E-state index in [1.807, 2.05) is 26.0 Å². The summed E-state index contributed by atoms with van der Waals surface area (Å²) in [5, 5.41) is 13.5. The molecule has 1 aromatic carbocycles. The first-order valence-electron chi connectivity index (χ1n) is 5.61. The fourth-order valence-electron chi connectivity index (χ4n) is 2.33. The molecular weight excluding hydrogens is 186 g/mol. The molecule has 2 N–H and O–H groups in total. The Bertz CT molecular complexity index is 335. The van der Waals surface area contributed by atoms with E-state index in [1.54, 1.807) is 0 Å². The summed E-state index contributed by atoms with van der Waals surface area (Å²) in [7, 11) is 0. The third-order valence-corrected chi connectivity index (χ3v) is 3.12. The highest BCUT2D eigenvalue weighted by Gasteiger charge is 2.25. The fraction of sp³-hybridized carbons (Fsp3) is 0.538. The number of benzene rings is 1. The van der Waals surface area contributed by atoms with Crippen LogP contribution in [0, 0.1) is 0 Å². The van der Waals surface area contributed by atoms with E-state index < -0.39 is 5.60 Å². The maximum absolute atomic E-state index is 10.1. The molecule has 1 unspecified atom stereocenters. The first-order chi connectivity index (χ1) is 7.09. The van der Waals surface area contributed by atoms with Gasteiger partial charge in [0, 0.05) is 6.54 Å². The van der Waals surface area contributed by atoms with Gasteiger partial charge in [-0.2, -0.15) is 0 Å². The zero-order chi connectivity index (χ0) is 10.9. The van der Waals surface area contributed by atoms with Crippen LogP contribution in [0.3, 0.4) is 0 Å². The van der Waals surface area contributed by atoms with Crippen LogP contribution in [0.5, 0.6) is 0 Å². The van der Waals surface area contributed by atoms with Gasteiger partial charge in [-0.1, -0.05) is 24.3 Å². The molecular formula is C13H19NO. The van der Waals surface area contributed by atoms with Crippen LogP contribution in [0.2, 0.25) is 0 Å². The minimum Gasteiger partial charge on any atom is -0.386 e. The predicted molar refractivity (Wildman–Crippen MR) is 61.9 cm³/mol. The van der Waals surface area contributed by atoms with Crippen molar-refractivity contribution in [3.63, 3.8) is 0 Å². The van der Waals surface area contributed by atoms with Gasteiger partial charge in [-0.25, -0.2) is 0 Å². The molecule has 1 heterocycles. The highest BCUT2D eigenvalue weighted by atomic mass is 16.3. The van der Waals surface area contributed by atoms with Gasteiger partial charge in [-0.15, -0.1) is 0 Å². The monoisotopic (exact) mass is 205 g/mol. The second-order valence-corrected chi connectivity index (χ2v) is 4.84. The number of hydrogen-bond acceptors (Lipinski definition) is 2. The summed E-state index contributed by atoms with van der Waals surface area (Å²) >= 11 is 0. The normalized spacial score (nSPS) is 21.9. The lowest BCUT2D eigenvalue weighted by Crippen LogP contribution is -2.20. The fourth-order valence-corrected chi connectivity index (χ4v) is 2.33. The molecule has 15 heavy (non-hydrogen) atoms. The molecule has 2 nitrogen and oxygen atoms in total. The smallest absolute Gasteiger partial charge is 0.0843 e. The molecule has 1 aliphatic rings. The number of nitrogens with one attached hydrogen (secondary N) is 1. The maximum Gasteiger partial charge on any atom is 0.0843 e.